The van der Waals surface area contributed by atoms with Gasteiger partial charge in [0.15, 0.2) is 0 Å². The highest BCUT2D eigenvalue weighted by Gasteiger charge is 2.14. The van der Waals surface area contributed by atoms with Crippen molar-refractivity contribution in [3.63, 3.8) is 0 Å². The molecule has 0 spiro atoms. The second kappa shape index (κ2) is 13.6. The number of phenols is 1. The molecule has 1 heterocycles. The smallest absolute Gasteiger partial charge is 0.338 e. The van der Waals surface area contributed by atoms with Crippen LogP contribution in [-0.4, -0.2) is 30.4 Å². The van der Waals surface area contributed by atoms with Crippen LogP contribution in [0.15, 0.2) is 24.3 Å². The Hall–Kier alpha value is -1.55. The number of hydrogen-bond acceptors (Lipinski definition) is 4. The van der Waals surface area contributed by atoms with E-state index in [1.54, 1.807) is 18.2 Å². The van der Waals surface area contributed by atoms with E-state index in [-0.39, 0.29) is 18.5 Å². The van der Waals surface area contributed by atoms with Gasteiger partial charge in [0.05, 0.1) is 11.7 Å². The van der Waals surface area contributed by atoms with Gasteiger partial charge in [-0.2, -0.15) is 0 Å². The summed E-state index contributed by atoms with van der Waals surface area (Å²) in [5.41, 5.74) is 0.378. The molecule has 1 saturated heterocycles. The molecule has 152 valence electrons. The van der Waals surface area contributed by atoms with Gasteiger partial charge in [-0.05, 0) is 31.0 Å². The maximum absolute atomic E-state index is 12.2. The molecule has 1 aliphatic heterocycles. The first kappa shape index (κ1) is 21.7. The molecule has 1 fully saturated rings. The van der Waals surface area contributed by atoms with Crippen LogP contribution >= 0.6 is 0 Å². The number of rotatable bonds is 3. The van der Waals surface area contributed by atoms with E-state index in [1.165, 1.54) is 70.3 Å². The number of ether oxygens (including phenoxy) is 2. The van der Waals surface area contributed by atoms with Crippen molar-refractivity contribution in [2.45, 2.75) is 89.6 Å². The first-order chi connectivity index (χ1) is 13.3. The third-order valence-corrected chi connectivity index (χ3v) is 5.26. The number of esters is 1. The summed E-state index contributed by atoms with van der Waals surface area (Å²) in [4.78, 5) is 12.2. The zero-order chi connectivity index (χ0) is 19.2. The Bertz CT molecular complexity index is 513. The van der Waals surface area contributed by atoms with E-state index in [0.29, 0.717) is 5.56 Å². The van der Waals surface area contributed by atoms with Gasteiger partial charge in [-0.1, -0.05) is 76.7 Å². The van der Waals surface area contributed by atoms with Crippen molar-refractivity contribution in [1.82, 2.24) is 0 Å². The summed E-state index contributed by atoms with van der Waals surface area (Å²) in [6, 6.07) is 6.28. The molecule has 1 aromatic rings. The molecule has 1 aromatic carbocycles. The van der Waals surface area contributed by atoms with Crippen LogP contribution in [0.2, 0.25) is 0 Å². The molecule has 1 unspecified atom stereocenters. The standard InChI is InChI=1S/C23H36O4/c24-21-15-13-14-20(18-21)23(25)27-19-22-16-11-9-7-5-3-1-2-4-6-8-10-12-17-26-22/h13-15,18,22,24H,1-12,16-17,19H2. The Labute approximate surface area is 164 Å². The van der Waals surface area contributed by atoms with Crippen molar-refractivity contribution in [3.05, 3.63) is 29.8 Å². The lowest BCUT2D eigenvalue weighted by atomic mass is 10.0. The molecule has 0 bridgehead atoms. The van der Waals surface area contributed by atoms with E-state index in [0.717, 1.165) is 25.9 Å². The summed E-state index contributed by atoms with van der Waals surface area (Å²) < 4.78 is 11.5. The van der Waals surface area contributed by atoms with Crippen molar-refractivity contribution in [2.24, 2.45) is 0 Å². The van der Waals surface area contributed by atoms with E-state index < -0.39 is 5.97 Å². The Kier molecular flexibility index (Phi) is 10.9. The topological polar surface area (TPSA) is 55.8 Å². The Morgan fingerprint density at radius 1 is 0.926 bits per heavy atom. The fourth-order valence-electron chi connectivity index (χ4n) is 3.59. The van der Waals surface area contributed by atoms with E-state index in [4.69, 9.17) is 9.47 Å². The van der Waals surface area contributed by atoms with Gasteiger partial charge >= 0.3 is 5.97 Å². The summed E-state index contributed by atoms with van der Waals surface area (Å²) in [6.45, 7) is 1.03. The summed E-state index contributed by atoms with van der Waals surface area (Å²) in [5, 5.41) is 9.50. The molecule has 27 heavy (non-hydrogen) atoms. The van der Waals surface area contributed by atoms with Crippen molar-refractivity contribution in [2.75, 3.05) is 13.2 Å². The van der Waals surface area contributed by atoms with Crippen molar-refractivity contribution < 1.29 is 19.4 Å². The first-order valence-corrected chi connectivity index (χ1v) is 10.8. The number of phenolic OH excluding ortho intramolecular Hbond substituents is 1. The molecule has 4 heteroatoms. The predicted molar refractivity (Wildman–Crippen MR) is 108 cm³/mol. The van der Waals surface area contributed by atoms with Crippen molar-refractivity contribution >= 4 is 5.97 Å². The molecule has 4 nitrogen and oxygen atoms in total. The fraction of sp³-hybridized carbons (Fsp3) is 0.696. The number of carbonyl (C=O) groups is 1. The molecule has 0 amide bonds. The highest BCUT2D eigenvalue weighted by atomic mass is 16.6. The van der Waals surface area contributed by atoms with Gasteiger partial charge in [0.1, 0.15) is 12.4 Å². The molecule has 2 rings (SSSR count). The van der Waals surface area contributed by atoms with Crippen molar-refractivity contribution in [3.8, 4) is 5.75 Å². The minimum absolute atomic E-state index is 0.0286. The monoisotopic (exact) mass is 376 g/mol. The van der Waals surface area contributed by atoms with Gasteiger partial charge < -0.3 is 14.6 Å². The van der Waals surface area contributed by atoms with Crippen LogP contribution in [0, 0.1) is 0 Å². The average Bonchev–Trinajstić information content (AvgIpc) is 2.67. The Balaban J connectivity index is 1.77. The average molecular weight is 377 g/mol. The van der Waals surface area contributed by atoms with Gasteiger partial charge in [-0.15, -0.1) is 0 Å². The van der Waals surface area contributed by atoms with Crippen LogP contribution < -0.4 is 0 Å². The van der Waals surface area contributed by atoms with Gasteiger partial charge in [-0.25, -0.2) is 4.79 Å². The summed E-state index contributed by atoms with van der Waals surface area (Å²) >= 11 is 0. The lowest BCUT2D eigenvalue weighted by molar-refractivity contribution is -0.0137. The molecule has 0 aliphatic carbocycles. The Morgan fingerprint density at radius 3 is 2.15 bits per heavy atom. The van der Waals surface area contributed by atoms with E-state index in [9.17, 15) is 9.90 Å². The molecule has 0 radical (unpaired) electrons. The minimum Gasteiger partial charge on any atom is -0.508 e. The van der Waals surface area contributed by atoms with Crippen LogP contribution in [-0.2, 0) is 9.47 Å². The van der Waals surface area contributed by atoms with Crippen molar-refractivity contribution in [1.29, 1.82) is 0 Å². The molecule has 1 atom stereocenters. The third kappa shape index (κ3) is 9.81. The van der Waals surface area contributed by atoms with Crippen LogP contribution in [0.4, 0.5) is 0 Å². The first-order valence-electron chi connectivity index (χ1n) is 10.8. The lowest BCUT2D eigenvalue weighted by Crippen LogP contribution is -2.23. The number of aromatic hydroxyl groups is 1. The summed E-state index contributed by atoms with van der Waals surface area (Å²) in [7, 11) is 0. The zero-order valence-electron chi connectivity index (χ0n) is 16.7. The highest BCUT2D eigenvalue weighted by molar-refractivity contribution is 5.89. The van der Waals surface area contributed by atoms with Gasteiger partial charge in [-0.3, -0.25) is 0 Å². The fourth-order valence-corrected chi connectivity index (χ4v) is 3.59. The summed E-state index contributed by atoms with van der Waals surface area (Å²) in [6.07, 6.45) is 16.3. The second-order valence-electron chi connectivity index (χ2n) is 7.67. The van der Waals surface area contributed by atoms with Crippen LogP contribution in [0.1, 0.15) is 93.8 Å². The SMILES string of the molecule is O=C(OCC1CCCCCCCCCCCCCCO1)c1cccc(O)c1. The quantitative estimate of drug-likeness (QED) is 0.655. The number of hydrogen-bond donors (Lipinski definition) is 1. The van der Waals surface area contributed by atoms with Crippen LogP contribution in [0.5, 0.6) is 5.75 Å². The normalized spacial score (nSPS) is 21.4. The van der Waals surface area contributed by atoms with Crippen LogP contribution in [0.3, 0.4) is 0 Å². The molecule has 0 saturated carbocycles. The Morgan fingerprint density at radius 2 is 1.52 bits per heavy atom. The predicted octanol–water partition coefficient (Wildman–Crippen LogP) is 6.02. The highest BCUT2D eigenvalue weighted by Crippen LogP contribution is 2.16. The molecular weight excluding hydrogens is 340 g/mol. The van der Waals surface area contributed by atoms with Gasteiger partial charge in [0.25, 0.3) is 0 Å². The minimum atomic E-state index is -0.401. The van der Waals surface area contributed by atoms with E-state index in [1.807, 2.05) is 0 Å². The molecule has 1 aliphatic rings. The largest absolute Gasteiger partial charge is 0.508 e. The third-order valence-electron chi connectivity index (χ3n) is 5.26. The van der Waals surface area contributed by atoms with Gasteiger partial charge in [0, 0.05) is 6.61 Å². The zero-order valence-corrected chi connectivity index (χ0v) is 16.7. The molecule has 0 aromatic heterocycles. The van der Waals surface area contributed by atoms with Gasteiger partial charge in [0.2, 0.25) is 0 Å². The van der Waals surface area contributed by atoms with E-state index >= 15 is 0 Å². The van der Waals surface area contributed by atoms with E-state index in [2.05, 4.69) is 0 Å². The summed E-state index contributed by atoms with van der Waals surface area (Å²) in [5.74, 6) is -0.327. The lowest BCUT2D eigenvalue weighted by Gasteiger charge is -2.18. The second-order valence-corrected chi connectivity index (χ2v) is 7.67. The maximum Gasteiger partial charge on any atom is 0.338 e. The maximum atomic E-state index is 12.2. The molecule has 1 N–H and O–H groups in total. The molecular formula is C23H36O4. The van der Waals surface area contributed by atoms with Crippen LogP contribution in [0.25, 0.3) is 0 Å². The number of benzene rings is 1. The number of carbonyl (C=O) groups excluding carboxylic acids is 1.